The van der Waals surface area contributed by atoms with Crippen LogP contribution in [-0.4, -0.2) is 9.97 Å². The van der Waals surface area contributed by atoms with Gasteiger partial charge in [-0.15, -0.1) is 0 Å². The van der Waals surface area contributed by atoms with Gasteiger partial charge < -0.3 is 0 Å². The van der Waals surface area contributed by atoms with Gasteiger partial charge in [-0.1, -0.05) is 317 Å². The summed E-state index contributed by atoms with van der Waals surface area (Å²) in [6.45, 7) is 9.22. The van der Waals surface area contributed by atoms with Crippen LogP contribution < -0.4 is 0 Å². The van der Waals surface area contributed by atoms with Crippen molar-refractivity contribution in [2.75, 3.05) is 0 Å². The minimum atomic E-state index is 0.969. The van der Waals surface area contributed by atoms with Crippen molar-refractivity contribution in [1.82, 2.24) is 9.97 Å². The van der Waals surface area contributed by atoms with Gasteiger partial charge in [-0.25, -0.2) is 9.97 Å². The topological polar surface area (TPSA) is 25.8 Å². The Morgan fingerprint density at radius 3 is 0.581 bits per heavy atom. The molecule has 62 heavy (non-hydrogen) atoms. The quantitative estimate of drug-likeness (QED) is 0.0610. The predicted molar refractivity (Wildman–Crippen MR) is 281 cm³/mol. The van der Waals surface area contributed by atoms with Gasteiger partial charge in [0.1, 0.15) is 5.82 Å². The van der Waals surface area contributed by atoms with Gasteiger partial charge in [0, 0.05) is 17.8 Å². The highest BCUT2D eigenvalue weighted by Gasteiger charge is 2.14. The zero-order valence-electron chi connectivity index (χ0n) is 43.7. The summed E-state index contributed by atoms with van der Waals surface area (Å²) in [5, 5.41) is 0. The van der Waals surface area contributed by atoms with Crippen LogP contribution in [0.3, 0.4) is 0 Å². The van der Waals surface area contributed by atoms with Gasteiger partial charge in [0.05, 0.1) is 0 Å². The van der Waals surface area contributed by atoms with Crippen LogP contribution in [-0.2, 0) is 25.7 Å². The van der Waals surface area contributed by atoms with Crippen LogP contribution >= 0.6 is 0 Å². The molecule has 0 radical (unpaired) electrons. The molecule has 0 spiro atoms. The van der Waals surface area contributed by atoms with Crippen LogP contribution in [0.15, 0.2) is 0 Å². The molecular formula is C60H116N2. The van der Waals surface area contributed by atoms with Crippen LogP contribution in [0, 0.1) is 0 Å². The van der Waals surface area contributed by atoms with Crippen LogP contribution in [0.1, 0.15) is 359 Å². The summed E-state index contributed by atoms with van der Waals surface area (Å²) >= 11 is 0. The Hall–Kier alpha value is -0.920. The van der Waals surface area contributed by atoms with Gasteiger partial charge in [-0.05, 0) is 44.1 Å². The molecule has 0 saturated heterocycles. The van der Waals surface area contributed by atoms with Gasteiger partial charge in [-0.3, -0.25) is 0 Å². The summed E-state index contributed by atoms with van der Waals surface area (Å²) < 4.78 is 0. The van der Waals surface area contributed by atoms with E-state index in [1.54, 1.807) is 5.56 Å². The molecule has 0 saturated carbocycles. The first kappa shape index (κ1) is 59.1. The standard InChI is InChI=1S/C60H116N2/c1-5-9-12-15-18-21-24-27-30-33-36-39-42-45-48-51-54-57-58(55-52-49-46-43-40-37-34-31-28-25-22-19-16-13-10-6-2)61-60(8-4)62-59(57)56-53-50-47-44-41-38-35-32-29-26-23-20-17-14-11-7-3/h5-56H2,1-4H3. The molecule has 0 bridgehead atoms. The zero-order valence-corrected chi connectivity index (χ0v) is 43.7. The number of hydrogen-bond donors (Lipinski definition) is 0. The molecule has 0 aliphatic rings. The van der Waals surface area contributed by atoms with Crippen molar-refractivity contribution in [3.63, 3.8) is 0 Å². The van der Waals surface area contributed by atoms with E-state index in [4.69, 9.17) is 9.97 Å². The molecule has 0 fully saturated rings. The van der Waals surface area contributed by atoms with E-state index in [0.29, 0.717) is 0 Å². The van der Waals surface area contributed by atoms with Gasteiger partial charge >= 0.3 is 0 Å². The first-order chi connectivity index (χ1) is 30.8. The van der Waals surface area contributed by atoms with Crippen LogP contribution in [0.25, 0.3) is 0 Å². The molecule has 0 aromatic carbocycles. The van der Waals surface area contributed by atoms with Crippen molar-refractivity contribution < 1.29 is 0 Å². The predicted octanol–water partition coefficient (Wildman–Crippen LogP) is 21.5. The summed E-state index contributed by atoms with van der Waals surface area (Å²) in [5.41, 5.74) is 4.46. The smallest absolute Gasteiger partial charge is 0.128 e. The average Bonchev–Trinajstić information content (AvgIpc) is 3.28. The lowest BCUT2D eigenvalue weighted by molar-refractivity contribution is 0.526. The van der Waals surface area contributed by atoms with Gasteiger partial charge in [0.2, 0.25) is 0 Å². The second-order valence-corrected chi connectivity index (χ2v) is 20.5. The molecule has 1 aromatic heterocycles. The van der Waals surface area contributed by atoms with Crippen molar-refractivity contribution in [2.24, 2.45) is 0 Å². The molecule has 1 rings (SSSR count). The Labute approximate surface area is 392 Å². The molecule has 0 unspecified atom stereocenters. The summed E-state index contributed by atoms with van der Waals surface area (Å²) in [4.78, 5) is 10.5. The summed E-state index contributed by atoms with van der Waals surface area (Å²) in [6.07, 6.45) is 73.4. The highest BCUT2D eigenvalue weighted by molar-refractivity contribution is 5.27. The third-order valence-corrected chi connectivity index (χ3v) is 14.4. The minimum Gasteiger partial charge on any atom is -0.238 e. The van der Waals surface area contributed by atoms with Crippen molar-refractivity contribution in [1.29, 1.82) is 0 Å². The van der Waals surface area contributed by atoms with Crippen molar-refractivity contribution in [3.8, 4) is 0 Å². The first-order valence-corrected chi connectivity index (χ1v) is 29.6. The lowest BCUT2D eigenvalue weighted by Gasteiger charge is -2.16. The fraction of sp³-hybridized carbons (Fsp3) is 0.933. The Balaban J connectivity index is 2.42. The van der Waals surface area contributed by atoms with Gasteiger partial charge in [0.25, 0.3) is 0 Å². The number of unbranched alkanes of at least 4 members (excludes halogenated alkanes) is 45. The second kappa shape index (κ2) is 49.5. The fourth-order valence-electron chi connectivity index (χ4n) is 10.0. The summed E-state index contributed by atoms with van der Waals surface area (Å²) in [7, 11) is 0. The molecule has 0 aliphatic heterocycles. The molecule has 0 amide bonds. The van der Waals surface area contributed by atoms with E-state index >= 15 is 0 Å². The van der Waals surface area contributed by atoms with Crippen LogP contribution in [0.2, 0.25) is 0 Å². The Morgan fingerprint density at radius 1 is 0.210 bits per heavy atom. The first-order valence-electron chi connectivity index (χ1n) is 29.6. The largest absolute Gasteiger partial charge is 0.238 e. The van der Waals surface area contributed by atoms with Crippen LogP contribution in [0.5, 0.6) is 0 Å². The van der Waals surface area contributed by atoms with Gasteiger partial charge in [-0.2, -0.15) is 0 Å². The number of hydrogen-bond acceptors (Lipinski definition) is 2. The van der Waals surface area contributed by atoms with Crippen LogP contribution in [0.4, 0.5) is 0 Å². The number of rotatable bonds is 52. The molecule has 366 valence electrons. The normalized spacial score (nSPS) is 11.7. The van der Waals surface area contributed by atoms with Crippen molar-refractivity contribution in [3.05, 3.63) is 22.8 Å². The Bertz CT molecular complexity index is 943. The lowest BCUT2D eigenvalue weighted by atomic mass is 9.96. The number of aromatic nitrogens is 2. The van der Waals surface area contributed by atoms with E-state index in [1.807, 2.05) is 0 Å². The highest BCUT2D eigenvalue weighted by atomic mass is 14.9. The van der Waals surface area contributed by atoms with E-state index in [9.17, 15) is 0 Å². The Kier molecular flexibility index (Phi) is 47.2. The van der Waals surface area contributed by atoms with E-state index in [-0.39, 0.29) is 0 Å². The summed E-state index contributed by atoms with van der Waals surface area (Å²) in [6, 6.07) is 0. The lowest BCUT2D eigenvalue weighted by Crippen LogP contribution is -2.11. The van der Waals surface area contributed by atoms with E-state index in [0.717, 1.165) is 12.2 Å². The molecule has 2 heteroatoms. The average molecular weight is 866 g/mol. The van der Waals surface area contributed by atoms with Crippen molar-refractivity contribution >= 4 is 0 Å². The zero-order chi connectivity index (χ0) is 44.5. The molecule has 0 aliphatic carbocycles. The maximum atomic E-state index is 5.26. The molecule has 0 atom stereocenters. The number of aryl methyl sites for hydroxylation is 3. The maximum absolute atomic E-state index is 5.26. The molecule has 2 nitrogen and oxygen atoms in total. The SMILES string of the molecule is CCCCCCCCCCCCCCCCCCc1nc(CC)nc(CCCCCCCCCCCCCCCCCC)c1CCCCCCCCCCCCCCCCCC. The van der Waals surface area contributed by atoms with E-state index < -0.39 is 0 Å². The highest BCUT2D eigenvalue weighted by Crippen LogP contribution is 2.23. The summed E-state index contributed by atoms with van der Waals surface area (Å²) in [5.74, 6) is 1.11. The second-order valence-electron chi connectivity index (χ2n) is 20.5. The maximum Gasteiger partial charge on any atom is 0.128 e. The molecule has 1 heterocycles. The monoisotopic (exact) mass is 865 g/mol. The third kappa shape index (κ3) is 39.4. The molecule has 1 aromatic rings. The number of nitrogens with zero attached hydrogens (tertiary/aromatic N) is 2. The van der Waals surface area contributed by atoms with E-state index in [2.05, 4.69) is 27.7 Å². The molecular weight excluding hydrogens is 749 g/mol. The van der Waals surface area contributed by atoms with E-state index in [1.165, 1.54) is 339 Å². The minimum absolute atomic E-state index is 0.969. The van der Waals surface area contributed by atoms with Gasteiger partial charge in [0.15, 0.2) is 0 Å². The molecule has 0 N–H and O–H groups in total. The van der Waals surface area contributed by atoms with Crippen molar-refractivity contribution in [2.45, 2.75) is 362 Å². The third-order valence-electron chi connectivity index (χ3n) is 14.4. The Morgan fingerprint density at radius 2 is 0.387 bits per heavy atom. The fourth-order valence-corrected chi connectivity index (χ4v) is 10.0.